The molecule has 2 atom stereocenters. The Morgan fingerprint density at radius 2 is 1.24 bits per heavy atom. The molecule has 2 fully saturated rings. The van der Waals surface area contributed by atoms with E-state index in [9.17, 15) is 9.59 Å². The van der Waals surface area contributed by atoms with Crippen LogP contribution in [0.1, 0.15) is 110 Å². The van der Waals surface area contributed by atoms with Gasteiger partial charge in [0.25, 0.3) is 0 Å². The summed E-state index contributed by atoms with van der Waals surface area (Å²) in [5.74, 6) is 1.37. The Hall–Kier alpha value is -2.12. The predicted molar refractivity (Wildman–Crippen MR) is 146 cm³/mol. The molecule has 0 spiro atoms. The van der Waals surface area contributed by atoms with Gasteiger partial charge in [0.15, 0.2) is 18.5 Å². The van der Waals surface area contributed by atoms with Gasteiger partial charge in [-0.05, 0) is 49.7 Å². The van der Waals surface area contributed by atoms with Gasteiger partial charge in [-0.25, -0.2) is 9.59 Å². The lowest BCUT2D eigenvalue weighted by Gasteiger charge is -2.28. The average Bonchev–Trinajstić information content (AvgIpc) is 3.39. The number of carbonyl (C=O) groups is 2. The number of unbranched alkanes of at least 4 members (excludes halogenated alkanes) is 2. The summed E-state index contributed by atoms with van der Waals surface area (Å²) in [6.07, 6.45) is 10.6. The van der Waals surface area contributed by atoms with Gasteiger partial charge in [0.05, 0.1) is 19.8 Å². The maximum absolute atomic E-state index is 12.6. The van der Waals surface area contributed by atoms with Gasteiger partial charge in [-0.15, -0.1) is 0 Å². The van der Waals surface area contributed by atoms with Crippen molar-refractivity contribution < 1.29 is 33.3 Å². The van der Waals surface area contributed by atoms with Gasteiger partial charge in [0.1, 0.15) is 5.75 Å². The number of hydrogen-bond donors (Lipinski definition) is 0. The summed E-state index contributed by atoms with van der Waals surface area (Å²) in [5.41, 5.74) is 0.705. The highest BCUT2D eigenvalue weighted by atomic mass is 16.8. The third-order valence-corrected chi connectivity index (χ3v) is 7.61. The van der Waals surface area contributed by atoms with Gasteiger partial charge < -0.3 is 23.7 Å². The summed E-state index contributed by atoms with van der Waals surface area (Å²) in [7, 11) is 0. The Bertz CT molecular complexity index is 786. The monoisotopic (exact) mass is 532 g/mol. The fourth-order valence-electron chi connectivity index (χ4n) is 5.26. The first-order valence-electron chi connectivity index (χ1n) is 14.9. The zero-order valence-electron chi connectivity index (χ0n) is 23.7. The highest BCUT2D eigenvalue weighted by Crippen LogP contribution is 2.35. The van der Waals surface area contributed by atoms with E-state index < -0.39 is 30.4 Å². The highest BCUT2D eigenvalue weighted by molar-refractivity contribution is 5.86. The SMILES string of the molecule is CCCCOC(=O)[C@@H]1OC(c2ccc(OCCCC3CCC(CCC)CC3)cc2)O[C@H]1C(=O)OCCCC. The number of carbonyl (C=O) groups excluding carboxylic acids is 2. The summed E-state index contributed by atoms with van der Waals surface area (Å²) in [5, 5.41) is 0. The third kappa shape index (κ3) is 9.57. The first-order chi connectivity index (χ1) is 18.5. The van der Waals surface area contributed by atoms with E-state index in [1.807, 2.05) is 38.1 Å². The number of rotatable bonds is 16. The maximum Gasteiger partial charge on any atom is 0.338 e. The first-order valence-corrected chi connectivity index (χ1v) is 14.9. The summed E-state index contributed by atoms with van der Waals surface area (Å²) in [4.78, 5) is 25.3. The molecule has 0 N–H and O–H groups in total. The lowest BCUT2D eigenvalue weighted by atomic mass is 9.78. The van der Waals surface area contributed by atoms with Crippen molar-refractivity contribution in [1.29, 1.82) is 0 Å². The molecule has 214 valence electrons. The molecule has 1 aromatic rings. The van der Waals surface area contributed by atoms with Crippen molar-refractivity contribution >= 4 is 11.9 Å². The van der Waals surface area contributed by atoms with Crippen LogP contribution >= 0.6 is 0 Å². The Balaban J connectivity index is 1.47. The fourth-order valence-corrected chi connectivity index (χ4v) is 5.26. The smallest absolute Gasteiger partial charge is 0.338 e. The van der Waals surface area contributed by atoms with Crippen LogP contribution in [-0.2, 0) is 28.5 Å². The minimum Gasteiger partial charge on any atom is -0.494 e. The van der Waals surface area contributed by atoms with Crippen LogP contribution in [0.25, 0.3) is 0 Å². The van der Waals surface area contributed by atoms with Crippen LogP contribution in [0.2, 0.25) is 0 Å². The van der Waals surface area contributed by atoms with Crippen LogP contribution in [0.5, 0.6) is 5.75 Å². The molecule has 1 heterocycles. The number of hydrogen-bond acceptors (Lipinski definition) is 7. The number of esters is 2. The van der Waals surface area contributed by atoms with E-state index in [1.165, 1.54) is 44.9 Å². The quantitative estimate of drug-likeness (QED) is 0.169. The summed E-state index contributed by atoms with van der Waals surface area (Å²) < 4.78 is 28.4. The van der Waals surface area contributed by atoms with Crippen molar-refractivity contribution in [1.82, 2.24) is 0 Å². The zero-order valence-corrected chi connectivity index (χ0v) is 23.7. The molecule has 38 heavy (non-hydrogen) atoms. The summed E-state index contributed by atoms with van der Waals surface area (Å²) in [6.45, 7) is 7.57. The van der Waals surface area contributed by atoms with Crippen molar-refractivity contribution in [3.8, 4) is 5.75 Å². The van der Waals surface area contributed by atoms with Crippen molar-refractivity contribution in [3.05, 3.63) is 29.8 Å². The molecule has 1 aliphatic heterocycles. The van der Waals surface area contributed by atoms with Gasteiger partial charge in [0.2, 0.25) is 0 Å². The normalized spacial score (nSPS) is 23.8. The van der Waals surface area contributed by atoms with Gasteiger partial charge in [-0.1, -0.05) is 84.3 Å². The average molecular weight is 533 g/mol. The third-order valence-electron chi connectivity index (χ3n) is 7.61. The zero-order chi connectivity index (χ0) is 27.2. The molecule has 1 aromatic carbocycles. The van der Waals surface area contributed by atoms with E-state index in [2.05, 4.69) is 6.92 Å². The van der Waals surface area contributed by atoms with Crippen LogP contribution in [0.15, 0.2) is 24.3 Å². The standard InChI is InChI=1S/C31H48O7/c1-4-7-20-35-29(32)27-28(30(33)36-21-8-5-2)38-31(37-27)25-16-18-26(19-17-25)34-22-9-11-24-14-12-23(10-6-3)13-15-24/h16-19,23-24,27-28,31H,4-15,20-22H2,1-3H3/t23?,24?,27-,28-/m1/s1. The molecule has 0 bridgehead atoms. The minimum absolute atomic E-state index is 0.281. The van der Waals surface area contributed by atoms with Crippen LogP contribution in [0, 0.1) is 11.8 Å². The molecule has 1 saturated heterocycles. The second-order valence-corrected chi connectivity index (χ2v) is 10.7. The van der Waals surface area contributed by atoms with E-state index in [4.69, 9.17) is 23.7 Å². The van der Waals surface area contributed by atoms with Crippen molar-refractivity contribution in [3.63, 3.8) is 0 Å². The van der Waals surface area contributed by atoms with Crippen molar-refractivity contribution in [2.45, 2.75) is 116 Å². The second kappa shape index (κ2) is 16.8. The second-order valence-electron chi connectivity index (χ2n) is 10.7. The number of benzene rings is 1. The van der Waals surface area contributed by atoms with E-state index in [0.717, 1.165) is 49.7 Å². The lowest BCUT2D eigenvalue weighted by molar-refractivity contribution is -0.163. The van der Waals surface area contributed by atoms with Crippen LogP contribution < -0.4 is 4.74 Å². The molecule has 0 unspecified atom stereocenters. The lowest BCUT2D eigenvalue weighted by Crippen LogP contribution is -2.39. The molecule has 7 nitrogen and oxygen atoms in total. The minimum atomic E-state index is -1.15. The molecular weight excluding hydrogens is 484 g/mol. The Morgan fingerprint density at radius 1 is 0.711 bits per heavy atom. The highest BCUT2D eigenvalue weighted by Gasteiger charge is 2.47. The van der Waals surface area contributed by atoms with Gasteiger partial charge in [-0.3, -0.25) is 0 Å². The number of ether oxygens (including phenoxy) is 5. The van der Waals surface area contributed by atoms with Crippen molar-refractivity contribution in [2.75, 3.05) is 19.8 Å². The van der Waals surface area contributed by atoms with E-state index >= 15 is 0 Å². The molecule has 1 aliphatic carbocycles. The molecule has 0 amide bonds. The molecule has 0 radical (unpaired) electrons. The van der Waals surface area contributed by atoms with Gasteiger partial charge >= 0.3 is 11.9 Å². The van der Waals surface area contributed by atoms with Crippen molar-refractivity contribution in [2.24, 2.45) is 11.8 Å². The van der Waals surface area contributed by atoms with E-state index in [-0.39, 0.29) is 13.2 Å². The predicted octanol–water partition coefficient (Wildman–Crippen LogP) is 6.92. The molecule has 2 aliphatic rings. The summed E-state index contributed by atoms with van der Waals surface area (Å²) in [6, 6.07) is 7.44. The van der Waals surface area contributed by atoms with Gasteiger partial charge in [0, 0.05) is 5.56 Å². The van der Waals surface area contributed by atoms with Crippen LogP contribution in [-0.4, -0.2) is 44.0 Å². The fraction of sp³-hybridized carbons (Fsp3) is 0.742. The first kappa shape index (κ1) is 30.4. The van der Waals surface area contributed by atoms with Gasteiger partial charge in [-0.2, -0.15) is 0 Å². The Kier molecular flexibility index (Phi) is 13.4. The Morgan fingerprint density at radius 3 is 1.74 bits per heavy atom. The van der Waals surface area contributed by atoms with Crippen LogP contribution in [0.3, 0.4) is 0 Å². The molecule has 7 heteroatoms. The van der Waals surface area contributed by atoms with Crippen LogP contribution in [0.4, 0.5) is 0 Å². The molecule has 1 saturated carbocycles. The van der Waals surface area contributed by atoms with E-state index in [0.29, 0.717) is 12.2 Å². The molecule has 3 rings (SSSR count). The topological polar surface area (TPSA) is 80.3 Å². The Labute approximate surface area is 228 Å². The largest absolute Gasteiger partial charge is 0.494 e. The summed E-state index contributed by atoms with van der Waals surface area (Å²) >= 11 is 0. The maximum atomic E-state index is 12.6. The molecule has 0 aromatic heterocycles. The molecular formula is C31H48O7. The van der Waals surface area contributed by atoms with E-state index in [1.54, 1.807) is 0 Å².